The summed E-state index contributed by atoms with van der Waals surface area (Å²) in [5.41, 5.74) is 1.34. The molecule has 0 aliphatic heterocycles. The van der Waals surface area contributed by atoms with E-state index in [-0.39, 0.29) is 0 Å². The summed E-state index contributed by atoms with van der Waals surface area (Å²) in [6, 6.07) is 14.9. The van der Waals surface area contributed by atoms with Crippen LogP contribution < -0.4 is 10.6 Å². The Morgan fingerprint density at radius 2 is 1.88 bits per heavy atom. The van der Waals surface area contributed by atoms with Crippen LogP contribution in [-0.2, 0) is 12.8 Å². The summed E-state index contributed by atoms with van der Waals surface area (Å²) in [7, 11) is 0. The molecule has 0 atom stereocenters. The number of rotatable bonds is 7. The lowest BCUT2D eigenvalue weighted by Gasteiger charge is -2.17. The van der Waals surface area contributed by atoms with Crippen molar-refractivity contribution >= 4 is 5.96 Å². The maximum Gasteiger partial charge on any atom is 0.191 e. The summed E-state index contributed by atoms with van der Waals surface area (Å²) >= 11 is 0. The summed E-state index contributed by atoms with van der Waals surface area (Å²) in [6.07, 6.45) is 10.1. The van der Waals surface area contributed by atoms with Crippen LogP contribution in [0.5, 0.6) is 0 Å². The number of furan rings is 1. The highest BCUT2D eigenvalue weighted by Crippen LogP contribution is 2.09. The van der Waals surface area contributed by atoms with Gasteiger partial charge in [-0.05, 0) is 37.0 Å². The molecule has 4 heteroatoms. The molecule has 0 fully saturated rings. The van der Waals surface area contributed by atoms with Crippen LogP contribution in [0.4, 0.5) is 0 Å². The first kappa shape index (κ1) is 16.4. The molecular formula is C20H25N3O. The number of nitrogens with one attached hydrogen (secondary N) is 2. The number of hydrogen-bond donors (Lipinski definition) is 2. The second kappa shape index (κ2) is 8.96. The van der Waals surface area contributed by atoms with Gasteiger partial charge in [0, 0.05) is 25.6 Å². The van der Waals surface area contributed by atoms with Gasteiger partial charge in [0.1, 0.15) is 5.76 Å². The zero-order valence-corrected chi connectivity index (χ0v) is 13.9. The average molecular weight is 323 g/mol. The van der Waals surface area contributed by atoms with Crippen molar-refractivity contribution in [1.29, 1.82) is 0 Å². The standard InChI is InChI=1S/C20H25N3O/c1-2-7-17(8-3-1)12-14-21-20(23-18-9-4-5-10-18)22-15-13-19-11-6-16-24-19/h1-8,11,16,18H,9-10,12-15H2,(H2,21,22,23). The minimum atomic E-state index is 0.455. The quantitative estimate of drug-likeness (QED) is 0.467. The maximum absolute atomic E-state index is 5.37. The number of hydrogen-bond acceptors (Lipinski definition) is 2. The largest absolute Gasteiger partial charge is 0.469 e. The number of guanidine groups is 1. The van der Waals surface area contributed by atoms with Crippen LogP contribution in [0.1, 0.15) is 24.2 Å². The molecule has 0 saturated heterocycles. The Balaban J connectivity index is 1.50. The Kier molecular flexibility index (Phi) is 6.12. The van der Waals surface area contributed by atoms with Crippen LogP contribution in [0.25, 0.3) is 0 Å². The van der Waals surface area contributed by atoms with Crippen molar-refractivity contribution in [2.24, 2.45) is 4.99 Å². The Bertz CT molecular complexity index is 639. The first-order valence-corrected chi connectivity index (χ1v) is 8.66. The summed E-state index contributed by atoms with van der Waals surface area (Å²) < 4.78 is 5.37. The lowest BCUT2D eigenvalue weighted by Crippen LogP contribution is -2.43. The molecule has 1 heterocycles. The molecule has 0 unspecified atom stereocenters. The third kappa shape index (κ3) is 5.30. The molecule has 24 heavy (non-hydrogen) atoms. The van der Waals surface area contributed by atoms with E-state index in [1.54, 1.807) is 6.26 Å². The molecule has 126 valence electrons. The topological polar surface area (TPSA) is 49.6 Å². The molecule has 1 aromatic heterocycles. The van der Waals surface area contributed by atoms with E-state index in [9.17, 15) is 0 Å². The second-order valence-electron chi connectivity index (χ2n) is 6.01. The Hall–Kier alpha value is -2.49. The molecule has 0 radical (unpaired) electrons. The molecule has 0 saturated carbocycles. The summed E-state index contributed by atoms with van der Waals surface area (Å²) in [6.45, 7) is 1.59. The van der Waals surface area contributed by atoms with Gasteiger partial charge in [0.2, 0.25) is 0 Å². The van der Waals surface area contributed by atoms with Gasteiger partial charge in [-0.3, -0.25) is 4.99 Å². The van der Waals surface area contributed by atoms with Gasteiger partial charge in [-0.15, -0.1) is 0 Å². The van der Waals surface area contributed by atoms with E-state index < -0.39 is 0 Å². The fraction of sp³-hybridized carbons (Fsp3) is 0.350. The van der Waals surface area contributed by atoms with Gasteiger partial charge in [0.05, 0.1) is 6.26 Å². The average Bonchev–Trinajstić information content (AvgIpc) is 3.29. The SMILES string of the molecule is C1=CCC(NC(=NCCc2ccco2)NCCc2ccccc2)C1. The Morgan fingerprint density at radius 1 is 1.04 bits per heavy atom. The van der Waals surface area contributed by atoms with Crippen LogP contribution in [0, 0.1) is 0 Å². The van der Waals surface area contributed by atoms with Crippen molar-refractivity contribution in [3.63, 3.8) is 0 Å². The van der Waals surface area contributed by atoms with Crippen molar-refractivity contribution in [3.05, 3.63) is 72.2 Å². The molecule has 3 rings (SSSR count). The lowest BCUT2D eigenvalue weighted by molar-refractivity contribution is 0.510. The zero-order chi connectivity index (χ0) is 16.5. The van der Waals surface area contributed by atoms with Crippen LogP contribution in [0.3, 0.4) is 0 Å². The molecule has 0 spiro atoms. The number of nitrogens with zero attached hydrogens (tertiary/aromatic N) is 1. The number of aliphatic imine (C=N–C) groups is 1. The zero-order valence-electron chi connectivity index (χ0n) is 13.9. The predicted molar refractivity (Wildman–Crippen MR) is 98.2 cm³/mol. The van der Waals surface area contributed by atoms with Gasteiger partial charge < -0.3 is 15.1 Å². The van der Waals surface area contributed by atoms with E-state index in [0.29, 0.717) is 12.6 Å². The molecule has 2 N–H and O–H groups in total. The van der Waals surface area contributed by atoms with Gasteiger partial charge in [-0.2, -0.15) is 0 Å². The molecule has 4 nitrogen and oxygen atoms in total. The highest BCUT2D eigenvalue weighted by Gasteiger charge is 2.11. The first-order valence-electron chi connectivity index (χ1n) is 8.66. The lowest BCUT2D eigenvalue weighted by atomic mass is 10.1. The van der Waals surface area contributed by atoms with Gasteiger partial charge in [0.25, 0.3) is 0 Å². The fourth-order valence-electron chi connectivity index (χ4n) is 2.78. The highest BCUT2D eigenvalue weighted by atomic mass is 16.3. The minimum absolute atomic E-state index is 0.455. The molecule has 1 aromatic carbocycles. The molecular weight excluding hydrogens is 298 g/mol. The van der Waals surface area contributed by atoms with Crippen LogP contribution in [-0.4, -0.2) is 25.1 Å². The van der Waals surface area contributed by atoms with Gasteiger partial charge in [-0.1, -0.05) is 42.5 Å². The van der Waals surface area contributed by atoms with Crippen molar-refractivity contribution < 1.29 is 4.42 Å². The van der Waals surface area contributed by atoms with Crippen molar-refractivity contribution in [2.75, 3.05) is 13.1 Å². The van der Waals surface area contributed by atoms with Crippen LogP contribution in [0.2, 0.25) is 0 Å². The second-order valence-corrected chi connectivity index (χ2v) is 6.01. The third-order valence-electron chi connectivity index (χ3n) is 4.11. The fourth-order valence-corrected chi connectivity index (χ4v) is 2.78. The van der Waals surface area contributed by atoms with E-state index in [1.165, 1.54) is 5.56 Å². The van der Waals surface area contributed by atoms with Gasteiger partial charge >= 0.3 is 0 Å². The molecule has 0 amide bonds. The highest BCUT2D eigenvalue weighted by molar-refractivity contribution is 5.80. The van der Waals surface area contributed by atoms with E-state index in [0.717, 1.165) is 43.9 Å². The van der Waals surface area contributed by atoms with E-state index in [1.807, 2.05) is 18.2 Å². The summed E-state index contributed by atoms with van der Waals surface area (Å²) in [5, 5.41) is 6.98. The van der Waals surface area contributed by atoms with Crippen LogP contribution in [0.15, 0.2) is 70.3 Å². The van der Waals surface area contributed by atoms with E-state index in [2.05, 4.69) is 47.1 Å². The molecule has 1 aliphatic rings. The minimum Gasteiger partial charge on any atom is -0.469 e. The number of benzene rings is 1. The smallest absolute Gasteiger partial charge is 0.191 e. The monoisotopic (exact) mass is 323 g/mol. The van der Waals surface area contributed by atoms with Crippen molar-refractivity contribution in [2.45, 2.75) is 31.7 Å². The third-order valence-corrected chi connectivity index (χ3v) is 4.11. The summed E-state index contributed by atoms with van der Waals surface area (Å²) in [4.78, 5) is 4.70. The van der Waals surface area contributed by atoms with Crippen LogP contribution >= 0.6 is 0 Å². The van der Waals surface area contributed by atoms with Crippen molar-refractivity contribution in [3.8, 4) is 0 Å². The summed E-state index contributed by atoms with van der Waals surface area (Å²) in [5.74, 6) is 1.87. The van der Waals surface area contributed by atoms with Gasteiger partial charge in [-0.25, -0.2) is 0 Å². The normalized spacial score (nSPS) is 14.9. The van der Waals surface area contributed by atoms with E-state index in [4.69, 9.17) is 9.41 Å². The van der Waals surface area contributed by atoms with E-state index >= 15 is 0 Å². The first-order chi connectivity index (χ1) is 11.9. The molecule has 1 aliphatic carbocycles. The predicted octanol–water partition coefficient (Wildman–Crippen LogP) is 3.32. The molecule has 2 aromatic rings. The Morgan fingerprint density at radius 3 is 2.62 bits per heavy atom. The van der Waals surface area contributed by atoms with Crippen molar-refractivity contribution in [1.82, 2.24) is 10.6 Å². The van der Waals surface area contributed by atoms with Gasteiger partial charge in [0.15, 0.2) is 5.96 Å². The molecule has 0 bridgehead atoms. The Labute approximate surface area is 143 Å². The maximum atomic E-state index is 5.37.